The summed E-state index contributed by atoms with van der Waals surface area (Å²) in [6.45, 7) is 4.64. The number of hydrazine groups is 1. The fraction of sp³-hybridized carbons (Fsp3) is 0.455. The van der Waals surface area contributed by atoms with Crippen molar-refractivity contribution in [2.45, 2.75) is 13.8 Å². The summed E-state index contributed by atoms with van der Waals surface area (Å²) in [5.41, 5.74) is 4.12. The van der Waals surface area contributed by atoms with E-state index in [1.54, 1.807) is 31.2 Å². The van der Waals surface area contributed by atoms with Gasteiger partial charge in [0, 0.05) is 31.9 Å². The quantitative estimate of drug-likeness (QED) is 0.747. The number of pyridine rings is 1. The molecule has 1 rings (SSSR count). The number of aromatic nitrogens is 1. The minimum Gasteiger partial charge on any atom is -0.370 e. The highest BCUT2D eigenvalue weighted by Gasteiger charge is 2.08. The highest BCUT2D eigenvalue weighted by atomic mass is 16.2. The van der Waals surface area contributed by atoms with Gasteiger partial charge >= 0.3 is 0 Å². The van der Waals surface area contributed by atoms with Crippen molar-refractivity contribution in [1.82, 2.24) is 15.4 Å². The van der Waals surface area contributed by atoms with Crippen LogP contribution in [-0.2, 0) is 0 Å². The predicted octanol–water partition coefficient (Wildman–Crippen LogP) is 1.03. The summed E-state index contributed by atoms with van der Waals surface area (Å²) in [5, 5.41) is 4.71. The number of carbonyl (C=O) groups is 1. The number of hydrogen-bond donors (Lipinski definition) is 2. The van der Waals surface area contributed by atoms with Gasteiger partial charge in [0.1, 0.15) is 5.82 Å². The van der Waals surface area contributed by atoms with Crippen LogP contribution in [0.4, 0.5) is 5.82 Å². The van der Waals surface area contributed by atoms with Gasteiger partial charge in [-0.2, -0.15) is 0 Å². The summed E-state index contributed by atoms with van der Waals surface area (Å²) in [4.78, 5) is 16.0. The summed E-state index contributed by atoms with van der Waals surface area (Å²) < 4.78 is 0. The number of anilines is 1. The Bertz CT molecular complexity index is 376. The van der Waals surface area contributed by atoms with Crippen LogP contribution in [0.25, 0.3) is 0 Å². The van der Waals surface area contributed by atoms with Crippen LogP contribution in [0.3, 0.4) is 0 Å². The Morgan fingerprint density at radius 3 is 2.69 bits per heavy atom. The van der Waals surface area contributed by atoms with Crippen molar-refractivity contribution in [3.8, 4) is 0 Å². The number of nitrogens with zero attached hydrogens (tertiary/aromatic N) is 2. The van der Waals surface area contributed by atoms with Crippen molar-refractivity contribution in [2.24, 2.45) is 0 Å². The van der Waals surface area contributed by atoms with Crippen LogP contribution in [0.2, 0.25) is 0 Å². The molecule has 0 atom stereocenters. The number of nitrogens with one attached hydrogen (secondary N) is 2. The zero-order valence-electron chi connectivity index (χ0n) is 10.2. The van der Waals surface area contributed by atoms with Crippen LogP contribution in [0.1, 0.15) is 23.0 Å². The van der Waals surface area contributed by atoms with E-state index in [-0.39, 0.29) is 5.91 Å². The molecular weight excluding hydrogens is 204 g/mol. The Morgan fingerprint density at radius 2 is 2.12 bits per heavy atom. The number of aryl methyl sites for hydroxylation is 1. The van der Waals surface area contributed by atoms with E-state index in [0.29, 0.717) is 5.56 Å². The third-order valence-electron chi connectivity index (χ3n) is 1.90. The molecule has 5 heteroatoms. The summed E-state index contributed by atoms with van der Waals surface area (Å²) in [6, 6.07) is 3.51. The summed E-state index contributed by atoms with van der Waals surface area (Å²) in [6.07, 6.45) is 0. The second-order valence-corrected chi connectivity index (χ2v) is 3.75. The summed E-state index contributed by atoms with van der Waals surface area (Å²) in [7, 11) is 3.55. The molecule has 0 unspecified atom stereocenters. The molecular formula is C11H18N4O. The SMILES string of the molecule is CCNc1cc(C(=O)NN(C)C)cc(C)n1. The zero-order valence-corrected chi connectivity index (χ0v) is 10.2. The Labute approximate surface area is 95.8 Å². The Hall–Kier alpha value is -1.62. The van der Waals surface area contributed by atoms with E-state index in [2.05, 4.69) is 15.7 Å². The van der Waals surface area contributed by atoms with Gasteiger partial charge in [0.2, 0.25) is 0 Å². The lowest BCUT2D eigenvalue weighted by Crippen LogP contribution is -2.36. The molecule has 2 N–H and O–H groups in total. The lowest BCUT2D eigenvalue weighted by atomic mass is 10.2. The molecule has 5 nitrogen and oxygen atoms in total. The first kappa shape index (κ1) is 12.4. The molecule has 1 heterocycles. The van der Waals surface area contributed by atoms with Crippen LogP contribution in [-0.4, -0.2) is 36.5 Å². The highest BCUT2D eigenvalue weighted by Crippen LogP contribution is 2.09. The van der Waals surface area contributed by atoms with Gasteiger partial charge in [-0.15, -0.1) is 0 Å². The first-order valence-electron chi connectivity index (χ1n) is 5.23. The van der Waals surface area contributed by atoms with E-state index in [1.165, 1.54) is 0 Å². The lowest BCUT2D eigenvalue weighted by molar-refractivity contribution is 0.0856. The number of rotatable bonds is 4. The van der Waals surface area contributed by atoms with Gasteiger partial charge in [0.25, 0.3) is 5.91 Å². The molecule has 1 aromatic heterocycles. The molecule has 0 bridgehead atoms. The van der Waals surface area contributed by atoms with E-state index in [0.717, 1.165) is 18.1 Å². The van der Waals surface area contributed by atoms with Crippen LogP contribution in [0.15, 0.2) is 12.1 Å². The highest BCUT2D eigenvalue weighted by molar-refractivity contribution is 5.94. The molecule has 1 aromatic rings. The molecule has 0 radical (unpaired) electrons. The molecule has 0 saturated heterocycles. The normalized spacial score (nSPS) is 10.3. The van der Waals surface area contributed by atoms with Gasteiger partial charge in [0.05, 0.1) is 0 Å². The fourth-order valence-corrected chi connectivity index (χ4v) is 1.34. The monoisotopic (exact) mass is 222 g/mol. The third-order valence-corrected chi connectivity index (χ3v) is 1.90. The van der Waals surface area contributed by atoms with Gasteiger partial charge < -0.3 is 5.32 Å². The molecule has 0 aliphatic rings. The second-order valence-electron chi connectivity index (χ2n) is 3.75. The Morgan fingerprint density at radius 1 is 1.44 bits per heavy atom. The molecule has 0 saturated carbocycles. The van der Waals surface area contributed by atoms with E-state index in [9.17, 15) is 4.79 Å². The van der Waals surface area contributed by atoms with Crippen molar-refractivity contribution in [3.05, 3.63) is 23.4 Å². The van der Waals surface area contributed by atoms with Crippen LogP contribution >= 0.6 is 0 Å². The first-order chi connectivity index (χ1) is 7.52. The molecule has 88 valence electrons. The summed E-state index contributed by atoms with van der Waals surface area (Å²) >= 11 is 0. The van der Waals surface area contributed by atoms with E-state index >= 15 is 0 Å². The van der Waals surface area contributed by atoms with E-state index in [1.807, 2.05) is 13.8 Å². The average Bonchev–Trinajstić information content (AvgIpc) is 2.16. The maximum Gasteiger partial charge on any atom is 0.265 e. The van der Waals surface area contributed by atoms with Crippen molar-refractivity contribution in [2.75, 3.05) is 26.0 Å². The van der Waals surface area contributed by atoms with E-state index in [4.69, 9.17) is 0 Å². The zero-order chi connectivity index (χ0) is 12.1. The van der Waals surface area contributed by atoms with Gasteiger partial charge in [-0.05, 0) is 26.0 Å². The molecule has 0 aliphatic carbocycles. The molecule has 0 fully saturated rings. The van der Waals surface area contributed by atoms with Crippen molar-refractivity contribution in [1.29, 1.82) is 0 Å². The molecule has 16 heavy (non-hydrogen) atoms. The molecule has 0 spiro atoms. The van der Waals surface area contributed by atoms with Gasteiger partial charge in [-0.1, -0.05) is 0 Å². The van der Waals surface area contributed by atoms with Crippen LogP contribution in [0.5, 0.6) is 0 Å². The average molecular weight is 222 g/mol. The standard InChI is InChI=1S/C11H18N4O/c1-5-12-10-7-9(6-8(2)13-10)11(16)14-15(3)4/h6-7H,5H2,1-4H3,(H,12,13)(H,14,16). The van der Waals surface area contributed by atoms with E-state index < -0.39 is 0 Å². The number of hydrogen-bond acceptors (Lipinski definition) is 4. The second kappa shape index (κ2) is 5.46. The molecule has 1 amide bonds. The van der Waals surface area contributed by atoms with Gasteiger partial charge in [-0.25, -0.2) is 9.99 Å². The van der Waals surface area contributed by atoms with Crippen molar-refractivity contribution < 1.29 is 4.79 Å². The summed E-state index contributed by atoms with van der Waals surface area (Å²) in [5.74, 6) is 0.598. The van der Waals surface area contributed by atoms with Crippen LogP contribution in [0, 0.1) is 6.92 Å². The van der Waals surface area contributed by atoms with Crippen LogP contribution < -0.4 is 10.7 Å². The maximum absolute atomic E-state index is 11.8. The van der Waals surface area contributed by atoms with Crippen molar-refractivity contribution in [3.63, 3.8) is 0 Å². The third kappa shape index (κ3) is 3.51. The van der Waals surface area contributed by atoms with Gasteiger partial charge in [0.15, 0.2) is 0 Å². The minimum absolute atomic E-state index is 0.130. The smallest absolute Gasteiger partial charge is 0.265 e. The maximum atomic E-state index is 11.8. The van der Waals surface area contributed by atoms with Crippen molar-refractivity contribution >= 4 is 11.7 Å². The molecule has 0 aliphatic heterocycles. The number of amides is 1. The van der Waals surface area contributed by atoms with Gasteiger partial charge in [-0.3, -0.25) is 10.2 Å². The Balaban J connectivity index is 2.91. The fourth-order valence-electron chi connectivity index (χ4n) is 1.34. The predicted molar refractivity (Wildman–Crippen MR) is 64.3 cm³/mol. The first-order valence-corrected chi connectivity index (χ1v) is 5.23. The largest absolute Gasteiger partial charge is 0.370 e. The lowest BCUT2D eigenvalue weighted by Gasteiger charge is -2.13. The Kier molecular flexibility index (Phi) is 4.25. The number of carbonyl (C=O) groups excluding carboxylic acids is 1. The molecule has 0 aromatic carbocycles. The minimum atomic E-state index is -0.130. The topological polar surface area (TPSA) is 57.3 Å².